The second kappa shape index (κ2) is 8.00. The van der Waals surface area contributed by atoms with Crippen LogP contribution in [0.3, 0.4) is 0 Å². The molecule has 1 fully saturated rings. The van der Waals surface area contributed by atoms with Gasteiger partial charge in [-0.15, -0.1) is 0 Å². The first-order valence-corrected chi connectivity index (χ1v) is 9.54. The highest BCUT2D eigenvalue weighted by atomic mass is 16.2. The van der Waals surface area contributed by atoms with Crippen molar-refractivity contribution in [2.75, 3.05) is 26.9 Å². The van der Waals surface area contributed by atoms with Crippen LogP contribution >= 0.6 is 0 Å². The monoisotopic (exact) mass is 393 g/mol. The molecule has 0 saturated carbocycles. The van der Waals surface area contributed by atoms with Crippen LogP contribution in [-0.2, 0) is 11.3 Å². The molecular weight excluding hydrogens is 370 g/mol. The first-order chi connectivity index (χ1) is 14.0. The molecule has 3 amide bonds. The fourth-order valence-corrected chi connectivity index (χ4v) is 3.83. The summed E-state index contributed by atoms with van der Waals surface area (Å²) in [6, 6.07) is 13.0. The van der Waals surface area contributed by atoms with Gasteiger partial charge in [-0.3, -0.25) is 14.5 Å². The Kier molecular flexibility index (Phi) is 5.26. The summed E-state index contributed by atoms with van der Waals surface area (Å²) >= 11 is 0. The Balaban J connectivity index is 1.39. The van der Waals surface area contributed by atoms with Crippen molar-refractivity contribution in [2.24, 2.45) is 4.99 Å². The second-order valence-corrected chi connectivity index (χ2v) is 7.47. The van der Waals surface area contributed by atoms with E-state index in [0.29, 0.717) is 25.6 Å². The van der Waals surface area contributed by atoms with E-state index in [4.69, 9.17) is 0 Å². The van der Waals surface area contributed by atoms with Crippen LogP contribution in [0.15, 0.2) is 53.7 Å². The predicted molar refractivity (Wildman–Crippen MR) is 107 cm³/mol. The summed E-state index contributed by atoms with van der Waals surface area (Å²) in [5.41, 5.74) is 1.64. The Morgan fingerprint density at radius 2 is 1.90 bits per heavy atom. The van der Waals surface area contributed by atoms with Crippen molar-refractivity contribution in [2.45, 2.75) is 19.0 Å². The molecule has 1 aromatic carbocycles. The SMILES string of the molecule is CN1CN(Cc2ccccc2)CN(CC(=O)C[C@@H]2C=NC(=O)c3cccn32)C1=O. The first kappa shape index (κ1) is 19.1. The third kappa shape index (κ3) is 4.12. The number of hydrogen-bond donors (Lipinski definition) is 0. The Morgan fingerprint density at radius 1 is 1.10 bits per heavy atom. The summed E-state index contributed by atoms with van der Waals surface area (Å²) in [4.78, 5) is 46.2. The number of benzene rings is 1. The van der Waals surface area contributed by atoms with Crippen LogP contribution in [0.1, 0.15) is 28.5 Å². The van der Waals surface area contributed by atoms with Crippen LogP contribution in [0.25, 0.3) is 0 Å². The van der Waals surface area contributed by atoms with E-state index in [0.717, 1.165) is 5.56 Å². The Morgan fingerprint density at radius 3 is 2.69 bits per heavy atom. The van der Waals surface area contributed by atoms with E-state index in [1.807, 2.05) is 30.3 Å². The lowest BCUT2D eigenvalue weighted by molar-refractivity contribution is -0.121. The average Bonchev–Trinajstić information content (AvgIpc) is 3.20. The third-order valence-corrected chi connectivity index (χ3v) is 5.15. The van der Waals surface area contributed by atoms with E-state index in [9.17, 15) is 14.4 Å². The Bertz CT molecular complexity index is 952. The van der Waals surface area contributed by atoms with Crippen LogP contribution in [0, 0.1) is 0 Å². The van der Waals surface area contributed by atoms with E-state index in [-0.39, 0.29) is 36.7 Å². The average molecular weight is 393 g/mol. The van der Waals surface area contributed by atoms with Gasteiger partial charge < -0.3 is 14.4 Å². The zero-order valence-corrected chi connectivity index (χ0v) is 16.3. The van der Waals surface area contributed by atoms with Crippen molar-refractivity contribution in [3.63, 3.8) is 0 Å². The molecular formula is C21H23N5O3. The molecule has 3 heterocycles. The fourth-order valence-electron chi connectivity index (χ4n) is 3.83. The molecule has 2 aromatic rings. The number of carbonyl (C=O) groups is 3. The largest absolute Gasteiger partial charge is 0.335 e. The van der Waals surface area contributed by atoms with E-state index in [2.05, 4.69) is 9.89 Å². The number of nitrogens with zero attached hydrogens (tertiary/aromatic N) is 5. The topological polar surface area (TPSA) is 78.2 Å². The lowest BCUT2D eigenvalue weighted by Gasteiger charge is -2.40. The molecule has 0 bridgehead atoms. The second-order valence-electron chi connectivity index (χ2n) is 7.47. The number of amides is 3. The number of aromatic nitrogens is 1. The van der Waals surface area contributed by atoms with Crippen LogP contribution in [-0.4, -0.2) is 70.1 Å². The van der Waals surface area contributed by atoms with Gasteiger partial charge >= 0.3 is 6.03 Å². The highest BCUT2D eigenvalue weighted by molar-refractivity contribution is 6.01. The molecule has 8 heteroatoms. The lowest BCUT2D eigenvalue weighted by atomic mass is 10.1. The van der Waals surface area contributed by atoms with Gasteiger partial charge in [0, 0.05) is 32.4 Å². The fraction of sp³-hybridized carbons (Fsp3) is 0.333. The van der Waals surface area contributed by atoms with Crippen molar-refractivity contribution in [3.8, 4) is 0 Å². The molecule has 0 spiro atoms. The zero-order chi connectivity index (χ0) is 20.4. The highest BCUT2D eigenvalue weighted by Crippen LogP contribution is 2.20. The van der Waals surface area contributed by atoms with Crippen molar-refractivity contribution < 1.29 is 14.4 Å². The quantitative estimate of drug-likeness (QED) is 0.752. The van der Waals surface area contributed by atoms with Gasteiger partial charge in [-0.05, 0) is 17.7 Å². The minimum Gasteiger partial charge on any atom is -0.335 e. The minimum absolute atomic E-state index is 0.0311. The van der Waals surface area contributed by atoms with Gasteiger partial charge in [-0.2, -0.15) is 0 Å². The number of carbonyl (C=O) groups excluding carboxylic acids is 3. The van der Waals surface area contributed by atoms with Crippen molar-refractivity contribution >= 4 is 23.9 Å². The molecule has 1 atom stereocenters. The summed E-state index contributed by atoms with van der Waals surface area (Å²) < 4.78 is 1.76. The number of urea groups is 1. The highest BCUT2D eigenvalue weighted by Gasteiger charge is 2.30. The smallest absolute Gasteiger partial charge is 0.322 e. The Labute approximate surface area is 169 Å². The van der Waals surface area contributed by atoms with Crippen LogP contribution in [0.5, 0.6) is 0 Å². The molecule has 1 aromatic heterocycles. The van der Waals surface area contributed by atoms with Gasteiger partial charge in [0.25, 0.3) is 5.91 Å². The predicted octanol–water partition coefficient (Wildman–Crippen LogP) is 2.00. The van der Waals surface area contributed by atoms with Gasteiger partial charge in [0.15, 0.2) is 5.78 Å². The third-order valence-electron chi connectivity index (χ3n) is 5.15. The van der Waals surface area contributed by atoms with E-state index in [1.54, 1.807) is 39.7 Å². The number of hydrogen-bond acceptors (Lipinski definition) is 4. The van der Waals surface area contributed by atoms with E-state index >= 15 is 0 Å². The van der Waals surface area contributed by atoms with Crippen LogP contribution in [0.2, 0.25) is 0 Å². The molecule has 150 valence electrons. The van der Waals surface area contributed by atoms with Gasteiger partial charge in [0.1, 0.15) is 5.69 Å². The first-order valence-electron chi connectivity index (χ1n) is 9.54. The van der Waals surface area contributed by atoms with Gasteiger partial charge in [0.2, 0.25) is 0 Å². The van der Waals surface area contributed by atoms with Crippen molar-refractivity contribution in [1.82, 2.24) is 19.3 Å². The number of ketones is 1. The molecule has 0 unspecified atom stereocenters. The molecule has 2 aliphatic heterocycles. The molecule has 0 aliphatic carbocycles. The van der Waals surface area contributed by atoms with Crippen LogP contribution < -0.4 is 0 Å². The minimum atomic E-state index is -0.303. The van der Waals surface area contributed by atoms with Gasteiger partial charge in [-0.25, -0.2) is 9.79 Å². The van der Waals surface area contributed by atoms with Gasteiger partial charge in [-0.1, -0.05) is 30.3 Å². The summed E-state index contributed by atoms with van der Waals surface area (Å²) in [6.07, 6.45) is 3.47. The zero-order valence-electron chi connectivity index (χ0n) is 16.3. The van der Waals surface area contributed by atoms with Gasteiger partial charge in [0.05, 0.1) is 25.9 Å². The van der Waals surface area contributed by atoms with E-state index in [1.165, 1.54) is 6.21 Å². The summed E-state index contributed by atoms with van der Waals surface area (Å²) in [6.45, 7) is 1.65. The standard InChI is InChI=1S/C21H23N5O3/c1-23-14-24(12-16-6-3-2-4-7-16)15-25(21(23)29)13-18(27)10-17-11-22-20(28)19-8-5-9-26(17)19/h2-9,11,17H,10,12-15H2,1H3/t17-/m1/s1. The maximum Gasteiger partial charge on any atom is 0.322 e. The maximum absolute atomic E-state index is 12.7. The molecule has 29 heavy (non-hydrogen) atoms. The molecule has 4 rings (SSSR count). The maximum atomic E-state index is 12.7. The lowest BCUT2D eigenvalue weighted by Crippen LogP contribution is -2.57. The summed E-state index contributed by atoms with van der Waals surface area (Å²) in [5, 5.41) is 0. The summed E-state index contributed by atoms with van der Waals surface area (Å²) in [5.74, 6) is -0.373. The molecule has 8 nitrogen and oxygen atoms in total. The Hall–Kier alpha value is -3.26. The number of fused-ring (bicyclic) bond motifs is 1. The van der Waals surface area contributed by atoms with Crippen molar-refractivity contribution in [3.05, 3.63) is 59.9 Å². The number of rotatable bonds is 6. The normalized spacial score (nSPS) is 19.6. The van der Waals surface area contributed by atoms with Crippen LogP contribution in [0.4, 0.5) is 4.79 Å². The molecule has 1 saturated heterocycles. The van der Waals surface area contributed by atoms with Crippen molar-refractivity contribution in [1.29, 1.82) is 0 Å². The molecule has 2 aliphatic rings. The molecule has 0 N–H and O–H groups in total. The number of aliphatic imine (C=N–C) groups is 1. The van der Waals surface area contributed by atoms with E-state index < -0.39 is 0 Å². The number of Topliss-reactive ketones (excluding diaryl/α,β-unsaturated/α-hetero) is 1. The molecule has 0 radical (unpaired) electrons. The summed E-state index contributed by atoms with van der Waals surface area (Å²) in [7, 11) is 1.74.